The van der Waals surface area contributed by atoms with Gasteiger partial charge in [0.25, 0.3) is 5.56 Å². The van der Waals surface area contributed by atoms with Crippen LogP contribution >= 0.6 is 31.9 Å². The molecule has 0 aliphatic heterocycles. The molecule has 0 saturated heterocycles. The molecule has 0 aliphatic rings. The standard InChI is InChI=1S/C22H14Br2N2O/c23-16-9-11-18(12-10-16)26-21(13-8-15-4-3-5-17(24)14-15)25-20-7-2-1-6-19(20)22(26)27/h1-14H/b13-8-. The van der Waals surface area contributed by atoms with Gasteiger partial charge in [-0.25, -0.2) is 4.98 Å². The summed E-state index contributed by atoms with van der Waals surface area (Å²) >= 11 is 6.92. The molecule has 27 heavy (non-hydrogen) atoms. The minimum Gasteiger partial charge on any atom is -0.268 e. The van der Waals surface area contributed by atoms with Crippen molar-refractivity contribution in [2.24, 2.45) is 0 Å². The first-order valence-corrected chi connectivity index (χ1v) is 9.92. The molecule has 0 radical (unpaired) electrons. The molecule has 0 unspecified atom stereocenters. The first kappa shape index (κ1) is 17.9. The van der Waals surface area contributed by atoms with Crippen molar-refractivity contribution in [3.05, 3.63) is 103 Å². The minimum absolute atomic E-state index is 0.0863. The molecule has 0 amide bonds. The summed E-state index contributed by atoms with van der Waals surface area (Å²) in [5.74, 6) is 0.584. The van der Waals surface area contributed by atoms with Crippen molar-refractivity contribution in [3.8, 4) is 5.69 Å². The number of para-hydroxylation sites is 1. The highest BCUT2D eigenvalue weighted by Crippen LogP contribution is 2.18. The highest BCUT2D eigenvalue weighted by molar-refractivity contribution is 9.10. The van der Waals surface area contributed by atoms with E-state index >= 15 is 0 Å². The van der Waals surface area contributed by atoms with Crippen LogP contribution in [0.1, 0.15) is 11.4 Å². The number of aromatic nitrogens is 2. The number of nitrogens with zero attached hydrogens (tertiary/aromatic N) is 2. The van der Waals surface area contributed by atoms with Gasteiger partial charge in [0, 0.05) is 8.95 Å². The maximum absolute atomic E-state index is 13.2. The zero-order valence-electron chi connectivity index (χ0n) is 14.1. The Labute approximate surface area is 173 Å². The summed E-state index contributed by atoms with van der Waals surface area (Å²) in [6, 6.07) is 23.0. The van der Waals surface area contributed by atoms with Crippen LogP contribution in [0.15, 0.2) is 86.5 Å². The lowest BCUT2D eigenvalue weighted by Crippen LogP contribution is -2.22. The number of fused-ring (bicyclic) bond motifs is 1. The van der Waals surface area contributed by atoms with Crippen molar-refractivity contribution in [3.63, 3.8) is 0 Å². The molecular formula is C22H14Br2N2O. The topological polar surface area (TPSA) is 34.9 Å². The van der Waals surface area contributed by atoms with Gasteiger partial charge in [0.15, 0.2) is 0 Å². The zero-order chi connectivity index (χ0) is 18.8. The van der Waals surface area contributed by atoms with Crippen LogP contribution in [0.3, 0.4) is 0 Å². The van der Waals surface area contributed by atoms with Crippen LogP contribution in [-0.4, -0.2) is 9.55 Å². The van der Waals surface area contributed by atoms with Gasteiger partial charge in [-0.3, -0.25) is 9.36 Å². The van der Waals surface area contributed by atoms with Gasteiger partial charge in [-0.15, -0.1) is 0 Å². The third kappa shape index (κ3) is 3.80. The second-order valence-electron chi connectivity index (χ2n) is 5.99. The molecule has 0 atom stereocenters. The molecule has 0 bridgehead atoms. The fourth-order valence-electron chi connectivity index (χ4n) is 2.88. The molecule has 1 heterocycles. The van der Waals surface area contributed by atoms with Crippen molar-refractivity contribution in [1.82, 2.24) is 9.55 Å². The van der Waals surface area contributed by atoms with E-state index in [2.05, 4.69) is 31.9 Å². The first-order valence-electron chi connectivity index (χ1n) is 8.33. The number of benzene rings is 3. The lowest BCUT2D eigenvalue weighted by Gasteiger charge is -2.11. The summed E-state index contributed by atoms with van der Waals surface area (Å²) in [5, 5.41) is 0.597. The molecule has 132 valence electrons. The highest BCUT2D eigenvalue weighted by atomic mass is 79.9. The molecule has 0 spiro atoms. The maximum Gasteiger partial charge on any atom is 0.266 e. The van der Waals surface area contributed by atoms with E-state index in [4.69, 9.17) is 4.98 Å². The van der Waals surface area contributed by atoms with Crippen LogP contribution < -0.4 is 5.56 Å². The molecule has 3 nitrogen and oxygen atoms in total. The van der Waals surface area contributed by atoms with E-state index in [1.165, 1.54) is 0 Å². The predicted octanol–water partition coefficient (Wildman–Crippen LogP) is 6.08. The van der Waals surface area contributed by atoms with Gasteiger partial charge in [0.1, 0.15) is 5.82 Å². The second-order valence-corrected chi connectivity index (χ2v) is 7.82. The number of rotatable bonds is 3. The molecule has 0 fully saturated rings. The largest absolute Gasteiger partial charge is 0.268 e. The Hall–Kier alpha value is -2.50. The summed E-state index contributed by atoms with van der Waals surface area (Å²) in [6.45, 7) is 0. The SMILES string of the molecule is O=c1c2ccccc2nc(/C=C\c2cccc(Br)c2)n1-c1ccc(Br)cc1. The van der Waals surface area contributed by atoms with Gasteiger partial charge in [0.2, 0.25) is 0 Å². The van der Waals surface area contributed by atoms with Crippen LogP contribution in [-0.2, 0) is 0 Å². The number of hydrogen-bond acceptors (Lipinski definition) is 2. The lowest BCUT2D eigenvalue weighted by molar-refractivity contribution is 0.943. The van der Waals surface area contributed by atoms with E-state index in [1.807, 2.05) is 84.9 Å². The normalized spacial score (nSPS) is 11.3. The van der Waals surface area contributed by atoms with E-state index < -0.39 is 0 Å². The summed E-state index contributed by atoms with van der Waals surface area (Å²) < 4.78 is 3.60. The zero-order valence-corrected chi connectivity index (χ0v) is 17.3. The van der Waals surface area contributed by atoms with E-state index in [1.54, 1.807) is 4.57 Å². The maximum atomic E-state index is 13.2. The van der Waals surface area contributed by atoms with Gasteiger partial charge >= 0.3 is 0 Å². The summed E-state index contributed by atoms with van der Waals surface area (Å²) in [5.41, 5.74) is 2.39. The van der Waals surface area contributed by atoms with Crippen LogP contribution in [0.5, 0.6) is 0 Å². The minimum atomic E-state index is -0.0863. The molecule has 1 aromatic heterocycles. The van der Waals surface area contributed by atoms with E-state index in [9.17, 15) is 4.79 Å². The summed E-state index contributed by atoms with van der Waals surface area (Å²) in [4.78, 5) is 17.9. The van der Waals surface area contributed by atoms with Crippen LogP contribution in [0.4, 0.5) is 0 Å². The lowest BCUT2D eigenvalue weighted by atomic mass is 10.2. The summed E-state index contributed by atoms with van der Waals surface area (Å²) in [6.07, 6.45) is 3.83. The quantitative estimate of drug-likeness (QED) is 0.355. The Kier molecular flexibility index (Phi) is 5.05. The molecule has 0 aliphatic carbocycles. The van der Waals surface area contributed by atoms with Gasteiger partial charge in [0.05, 0.1) is 16.6 Å². The average molecular weight is 482 g/mol. The van der Waals surface area contributed by atoms with Crippen molar-refractivity contribution < 1.29 is 0 Å². The van der Waals surface area contributed by atoms with Gasteiger partial charge in [-0.1, -0.05) is 62.2 Å². The fraction of sp³-hybridized carbons (Fsp3) is 0. The molecule has 5 heteroatoms. The molecule has 0 N–H and O–H groups in total. The molecule has 4 aromatic rings. The Morgan fingerprint density at radius 1 is 0.815 bits per heavy atom. The highest BCUT2D eigenvalue weighted by Gasteiger charge is 2.10. The molecule has 0 saturated carbocycles. The van der Waals surface area contributed by atoms with Crippen molar-refractivity contribution in [1.29, 1.82) is 0 Å². The third-order valence-electron chi connectivity index (χ3n) is 4.16. The first-order chi connectivity index (χ1) is 13.1. The third-order valence-corrected chi connectivity index (χ3v) is 5.18. The monoisotopic (exact) mass is 480 g/mol. The predicted molar refractivity (Wildman–Crippen MR) is 118 cm³/mol. The average Bonchev–Trinajstić information content (AvgIpc) is 2.68. The fourth-order valence-corrected chi connectivity index (χ4v) is 3.56. The Balaban J connectivity index is 1.93. The molecule has 4 rings (SSSR count). The van der Waals surface area contributed by atoms with E-state index in [0.29, 0.717) is 16.7 Å². The van der Waals surface area contributed by atoms with Crippen LogP contribution in [0, 0.1) is 0 Å². The molecular weight excluding hydrogens is 468 g/mol. The smallest absolute Gasteiger partial charge is 0.266 e. The Morgan fingerprint density at radius 2 is 1.59 bits per heavy atom. The van der Waals surface area contributed by atoms with Crippen molar-refractivity contribution >= 4 is 54.9 Å². The van der Waals surface area contributed by atoms with Crippen molar-refractivity contribution in [2.75, 3.05) is 0 Å². The Morgan fingerprint density at radius 3 is 2.37 bits per heavy atom. The summed E-state index contributed by atoms with van der Waals surface area (Å²) in [7, 11) is 0. The molecule has 3 aromatic carbocycles. The number of halogens is 2. The van der Waals surface area contributed by atoms with E-state index in [-0.39, 0.29) is 5.56 Å². The second kappa shape index (κ2) is 7.62. The van der Waals surface area contributed by atoms with Gasteiger partial charge in [-0.05, 0) is 60.2 Å². The van der Waals surface area contributed by atoms with Gasteiger partial charge in [-0.2, -0.15) is 0 Å². The van der Waals surface area contributed by atoms with E-state index in [0.717, 1.165) is 20.2 Å². The Bertz CT molecular complexity index is 1210. The van der Waals surface area contributed by atoms with Gasteiger partial charge < -0.3 is 0 Å². The van der Waals surface area contributed by atoms with Crippen LogP contribution in [0.2, 0.25) is 0 Å². The van der Waals surface area contributed by atoms with Crippen molar-refractivity contribution in [2.45, 2.75) is 0 Å². The van der Waals surface area contributed by atoms with Crippen LogP contribution in [0.25, 0.3) is 28.7 Å². The number of hydrogen-bond donors (Lipinski definition) is 0.